The van der Waals surface area contributed by atoms with Crippen molar-refractivity contribution in [2.45, 2.75) is 25.4 Å². The molecule has 2 aliphatic heterocycles. The van der Waals surface area contributed by atoms with E-state index in [0.717, 1.165) is 45.7 Å². The highest BCUT2D eigenvalue weighted by molar-refractivity contribution is 5.82. The number of carbonyl (C=O) groups excluding carboxylic acids is 1. The van der Waals surface area contributed by atoms with Crippen molar-refractivity contribution in [1.29, 1.82) is 0 Å². The number of nitrogens with zero attached hydrogens (tertiary/aromatic N) is 1. The summed E-state index contributed by atoms with van der Waals surface area (Å²) < 4.78 is 5.41. The Morgan fingerprint density at radius 1 is 1.33 bits per heavy atom. The van der Waals surface area contributed by atoms with Crippen LogP contribution in [0, 0.1) is 0 Å². The summed E-state index contributed by atoms with van der Waals surface area (Å²) in [4.78, 5) is 14.4. The van der Waals surface area contributed by atoms with Crippen LogP contribution in [0.1, 0.15) is 18.4 Å². The molecule has 3 rings (SSSR count). The van der Waals surface area contributed by atoms with Crippen molar-refractivity contribution in [3.63, 3.8) is 0 Å². The van der Waals surface area contributed by atoms with Gasteiger partial charge in [-0.2, -0.15) is 0 Å². The van der Waals surface area contributed by atoms with Crippen molar-refractivity contribution in [3.8, 4) is 0 Å². The van der Waals surface area contributed by atoms with E-state index in [0.29, 0.717) is 6.54 Å². The highest BCUT2D eigenvalue weighted by Crippen LogP contribution is 2.21. The van der Waals surface area contributed by atoms with E-state index in [2.05, 4.69) is 33.7 Å². The van der Waals surface area contributed by atoms with Crippen LogP contribution in [-0.2, 0) is 16.1 Å². The maximum absolute atomic E-state index is 12.1. The molecule has 0 aromatic heterocycles. The molecule has 2 saturated heterocycles. The molecule has 0 aliphatic carbocycles. The third kappa shape index (κ3) is 3.54. The van der Waals surface area contributed by atoms with Crippen molar-refractivity contribution in [1.82, 2.24) is 10.6 Å². The minimum absolute atomic E-state index is 0.0134. The molecule has 114 valence electrons. The second kappa shape index (κ2) is 6.91. The fourth-order valence-corrected chi connectivity index (χ4v) is 2.99. The Balaban J connectivity index is 1.63. The average molecular weight is 289 g/mol. The summed E-state index contributed by atoms with van der Waals surface area (Å²) in [5.41, 5.74) is 2.38. The number of carbonyl (C=O) groups is 1. The molecule has 0 unspecified atom stereocenters. The van der Waals surface area contributed by atoms with Crippen LogP contribution in [0.25, 0.3) is 0 Å². The van der Waals surface area contributed by atoms with Crippen LogP contribution in [0.5, 0.6) is 0 Å². The zero-order valence-electron chi connectivity index (χ0n) is 12.3. The zero-order valence-corrected chi connectivity index (χ0v) is 12.3. The molecular formula is C16H23N3O2. The average Bonchev–Trinajstić information content (AvgIpc) is 3.08. The van der Waals surface area contributed by atoms with Gasteiger partial charge in [0.15, 0.2) is 0 Å². The summed E-state index contributed by atoms with van der Waals surface area (Å²) >= 11 is 0. The number of nitrogens with one attached hydrogen (secondary N) is 2. The first-order valence-electron chi connectivity index (χ1n) is 7.76. The molecule has 1 aromatic rings. The summed E-state index contributed by atoms with van der Waals surface area (Å²) in [5.74, 6) is 0.115. The van der Waals surface area contributed by atoms with Gasteiger partial charge in [-0.15, -0.1) is 0 Å². The number of hydrogen-bond donors (Lipinski definition) is 2. The number of para-hydroxylation sites is 1. The third-order valence-electron chi connectivity index (χ3n) is 4.17. The van der Waals surface area contributed by atoms with Crippen molar-refractivity contribution in [3.05, 3.63) is 29.8 Å². The Morgan fingerprint density at radius 3 is 2.90 bits per heavy atom. The first-order chi connectivity index (χ1) is 10.3. The number of ether oxygens (including phenoxy) is 1. The van der Waals surface area contributed by atoms with E-state index in [1.807, 2.05) is 6.07 Å². The Labute approximate surface area is 125 Å². The zero-order chi connectivity index (χ0) is 14.5. The van der Waals surface area contributed by atoms with Gasteiger partial charge in [0.05, 0.1) is 19.3 Å². The monoisotopic (exact) mass is 289 g/mol. The fraction of sp³-hybridized carbons (Fsp3) is 0.562. The van der Waals surface area contributed by atoms with Crippen molar-refractivity contribution >= 4 is 11.6 Å². The molecule has 5 heteroatoms. The lowest BCUT2D eigenvalue weighted by Crippen LogP contribution is -2.41. The van der Waals surface area contributed by atoms with E-state index < -0.39 is 0 Å². The van der Waals surface area contributed by atoms with Gasteiger partial charge in [0.2, 0.25) is 5.91 Å². The van der Waals surface area contributed by atoms with Gasteiger partial charge in [0, 0.05) is 25.3 Å². The number of morpholine rings is 1. The predicted molar refractivity (Wildman–Crippen MR) is 82.3 cm³/mol. The SMILES string of the molecule is O=C(NCc1ccccc1N1CCOCC1)[C@@H]1CCCN1. The molecule has 0 bridgehead atoms. The van der Waals surface area contributed by atoms with Gasteiger partial charge >= 0.3 is 0 Å². The first kappa shape index (κ1) is 14.4. The van der Waals surface area contributed by atoms with Crippen LogP contribution in [0.15, 0.2) is 24.3 Å². The van der Waals surface area contributed by atoms with Gasteiger partial charge in [0.25, 0.3) is 0 Å². The third-order valence-corrected chi connectivity index (χ3v) is 4.17. The number of hydrogen-bond acceptors (Lipinski definition) is 4. The van der Waals surface area contributed by atoms with Crippen molar-refractivity contribution < 1.29 is 9.53 Å². The molecule has 5 nitrogen and oxygen atoms in total. The minimum atomic E-state index is -0.0134. The van der Waals surface area contributed by atoms with Crippen LogP contribution in [-0.4, -0.2) is 44.8 Å². The molecule has 2 fully saturated rings. The topological polar surface area (TPSA) is 53.6 Å². The van der Waals surface area contributed by atoms with Gasteiger partial charge in [-0.1, -0.05) is 18.2 Å². The number of anilines is 1. The Kier molecular flexibility index (Phi) is 4.72. The fourth-order valence-electron chi connectivity index (χ4n) is 2.99. The predicted octanol–water partition coefficient (Wildman–Crippen LogP) is 0.891. The first-order valence-corrected chi connectivity index (χ1v) is 7.76. The molecule has 1 amide bonds. The molecule has 1 atom stereocenters. The lowest BCUT2D eigenvalue weighted by Gasteiger charge is -2.30. The van der Waals surface area contributed by atoms with Gasteiger partial charge in [-0.3, -0.25) is 4.79 Å². The number of benzene rings is 1. The standard InChI is InChI=1S/C16H23N3O2/c20-16(14-5-3-7-17-14)18-12-13-4-1-2-6-15(13)19-8-10-21-11-9-19/h1-2,4,6,14,17H,3,5,7-12H2,(H,18,20)/t14-/m0/s1. The summed E-state index contributed by atoms with van der Waals surface area (Å²) in [6, 6.07) is 8.28. The lowest BCUT2D eigenvalue weighted by atomic mass is 10.1. The van der Waals surface area contributed by atoms with Crippen LogP contribution < -0.4 is 15.5 Å². The van der Waals surface area contributed by atoms with E-state index in [1.165, 1.54) is 11.3 Å². The Bertz CT molecular complexity index is 480. The van der Waals surface area contributed by atoms with E-state index in [1.54, 1.807) is 0 Å². The van der Waals surface area contributed by atoms with E-state index in [9.17, 15) is 4.79 Å². The second-order valence-electron chi connectivity index (χ2n) is 5.59. The quantitative estimate of drug-likeness (QED) is 0.864. The molecule has 2 N–H and O–H groups in total. The second-order valence-corrected chi connectivity index (χ2v) is 5.59. The Morgan fingerprint density at radius 2 is 2.14 bits per heavy atom. The van der Waals surface area contributed by atoms with Crippen LogP contribution >= 0.6 is 0 Å². The Hall–Kier alpha value is -1.59. The highest BCUT2D eigenvalue weighted by Gasteiger charge is 2.22. The number of rotatable bonds is 4. The molecule has 0 radical (unpaired) electrons. The largest absolute Gasteiger partial charge is 0.378 e. The summed E-state index contributed by atoms with van der Waals surface area (Å²) in [6.45, 7) is 4.90. The number of amides is 1. The van der Waals surface area contributed by atoms with Gasteiger partial charge < -0.3 is 20.3 Å². The van der Waals surface area contributed by atoms with E-state index in [-0.39, 0.29) is 11.9 Å². The molecule has 1 aromatic carbocycles. The van der Waals surface area contributed by atoms with E-state index >= 15 is 0 Å². The smallest absolute Gasteiger partial charge is 0.237 e. The van der Waals surface area contributed by atoms with E-state index in [4.69, 9.17) is 4.74 Å². The van der Waals surface area contributed by atoms with Crippen LogP contribution in [0.3, 0.4) is 0 Å². The molecule has 21 heavy (non-hydrogen) atoms. The highest BCUT2D eigenvalue weighted by atomic mass is 16.5. The van der Waals surface area contributed by atoms with Crippen LogP contribution in [0.4, 0.5) is 5.69 Å². The molecule has 0 spiro atoms. The van der Waals surface area contributed by atoms with Gasteiger partial charge in [-0.25, -0.2) is 0 Å². The van der Waals surface area contributed by atoms with Crippen molar-refractivity contribution in [2.75, 3.05) is 37.7 Å². The molecule has 2 heterocycles. The summed E-state index contributed by atoms with van der Waals surface area (Å²) in [5, 5.41) is 6.29. The normalized spacial score (nSPS) is 22.3. The maximum Gasteiger partial charge on any atom is 0.237 e. The minimum Gasteiger partial charge on any atom is -0.378 e. The molecule has 0 saturated carbocycles. The molecular weight excluding hydrogens is 266 g/mol. The lowest BCUT2D eigenvalue weighted by molar-refractivity contribution is -0.122. The summed E-state index contributed by atoms with van der Waals surface area (Å²) in [6.07, 6.45) is 2.03. The van der Waals surface area contributed by atoms with Gasteiger partial charge in [-0.05, 0) is 31.0 Å². The maximum atomic E-state index is 12.1. The van der Waals surface area contributed by atoms with Crippen molar-refractivity contribution in [2.24, 2.45) is 0 Å². The van der Waals surface area contributed by atoms with Gasteiger partial charge in [0.1, 0.15) is 0 Å². The molecule has 2 aliphatic rings. The summed E-state index contributed by atoms with van der Waals surface area (Å²) in [7, 11) is 0. The van der Waals surface area contributed by atoms with Crippen LogP contribution in [0.2, 0.25) is 0 Å².